The lowest BCUT2D eigenvalue weighted by molar-refractivity contribution is 0.427. The molecule has 0 saturated heterocycles. The van der Waals surface area contributed by atoms with E-state index in [0.29, 0.717) is 11.7 Å². The average molecular weight is 159 g/mol. The molecule has 0 bridgehead atoms. The first-order valence-corrected chi connectivity index (χ1v) is 3.57. The molecule has 0 N–H and O–H groups in total. The molecule has 1 aromatic heterocycles. The first-order chi connectivity index (χ1) is 5.86. The van der Waals surface area contributed by atoms with Crippen molar-refractivity contribution >= 4 is 0 Å². The maximum absolute atomic E-state index is 4.93. The minimum Gasteiger partial charge on any atom is -0.334 e. The molecule has 0 spiro atoms. The first-order valence-electron chi connectivity index (χ1n) is 3.57. The molecule has 0 aliphatic heterocycles. The second-order valence-corrected chi connectivity index (χ2v) is 2.38. The Labute approximate surface area is 70.0 Å². The highest BCUT2D eigenvalue weighted by atomic mass is 16.5. The SMILES string of the molecule is [CH2]c1noc(-c2ccccc2)n1. The maximum Gasteiger partial charge on any atom is 0.257 e. The van der Waals surface area contributed by atoms with Gasteiger partial charge in [0, 0.05) is 12.5 Å². The van der Waals surface area contributed by atoms with E-state index in [4.69, 9.17) is 4.52 Å². The van der Waals surface area contributed by atoms with Gasteiger partial charge in [0.1, 0.15) is 0 Å². The summed E-state index contributed by atoms with van der Waals surface area (Å²) >= 11 is 0. The highest BCUT2D eigenvalue weighted by molar-refractivity contribution is 5.51. The molecule has 1 aromatic carbocycles. The molecule has 2 rings (SSSR count). The van der Waals surface area contributed by atoms with Crippen LogP contribution in [0.1, 0.15) is 5.82 Å². The standard InChI is InChI=1S/C9H7N2O/c1-7-10-9(12-11-7)8-5-3-2-4-6-8/h2-6H,1H2. The van der Waals surface area contributed by atoms with Gasteiger partial charge in [-0.25, -0.2) is 0 Å². The maximum atomic E-state index is 4.93. The molecule has 1 heterocycles. The Bertz CT molecular complexity index is 367. The van der Waals surface area contributed by atoms with E-state index < -0.39 is 0 Å². The zero-order valence-electron chi connectivity index (χ0n) is 6.40. The summed E-state index contributed by atoms with van der Waals surface area (Å²) in [4.78, 5) is 3.99. The number of benzene rings is 1. The summed E-state index contributed by atoms with van der Waals surface area (Å²) < 4.78 is 4.93. The number of hydrogen-bond acceptors (Lipinski definition) is 3. The fourth-order valence-corrected chi connectivity index (χ4v) is 0.952. The summed E-state index contributed by atoms with van der Waals surface area (Å²) in [6, 6.07) is 9.59. The van der Waals surface area contributed by atoms with Gasteiger partial charge in [0.25, 0.3) is 5.89 Å². The summed E-state index contributed by atoms with van der Waals surface area (Å²) in [6.07, 6.45) is 0. The van der Waals surface area contributed by atoms with E-state index in [1.165, 1.54) is 0 Å². The van der Waals surface area contributed by atoms with E-state index in [1.54, 1.807) is 0 Å². The molecule has 0 fully saturated rings. The van der Waals surface area contributed by atoms with Crippen molar-refractivity contribution in [3.63, 3.8) is 0 Å². The topological polar surface area (TPSA) is 38.9 Å². The van der Waals surface area contributed by atoms with E-state index in [0.717, 1.165) is 5.56 Å². The fraction of sp³-hybridized carbons (Fsp3) is 0. The van der Waals surface area contributed by atoms with Crippen LogP contribution in [0, 0.1) is 6.92 Å². The highest BCUT2D eigenvalue weighted by Crippen LogP contribution is 2.15. The third-order valence-electron chi connectivity index (χ3n) is 1.49. The second-order valence-electron chi connectivity index (χ2n) is 2.38. The predicted molar refractivity (Wildman–Crippen MR) is 44.2 cm³/mol. The van der Waals surface area contributed by atoms with Crippen molar-refractivity contribution in [3.05, 3.63) is 43.1 Å². The van der Waals surface area contributed by atoms with Gasteiger partial charge in [-0.3, -0.25) is 0 Å². The molecular weight excluding hydrogens is 152 g/mol. The molecule has 2 aromatic rings. The summed E-state index contributed by atoms with van der Waals surface area (Å²) in [7, 11) is 0. The van der Waals surface area contributed by atoms with Gasteiger partial charge in [-0.2, -0.15) is 4.98 Å². The molecule has 1 radical (unpaired) electrons. The van der Waals surface area contributed by atoms with Gasteiger partial charge in [-0.1, -0.05) is 23.4 Å². The van der Waals surface area contributed by atoms with E-state index in [-0.39, 0.29) is 0 Å². The smallest absolute Gasteiger partial charge is 0.257 e. The molecule has 0 saturated carbocycles. The quantitative estimate of drug-likeness (QED) is 0.638. The minimum atomic E-state index is 0.411. The van der Waals surface area contributed by atoms with Gasteiger partial charge in [0.15, 0.2) is 5.82 Å². The Morgan fingerprint density at radius 3 is 2.50 bits per heavy atom. The zero-order chi connectivity index (χ0) is 8.39. The van der Waals surface area contributed by atoms with E-state index >= 15 is 0 Å². The molecule has 0 aliphatic rings. The molecule has 0 atom stereocenters. The van der Waals surface area contributed by atoms with Crippen molar-refractivity contribution in [2.45, 2.75) is 0 Å². The zero-order valence-corrected chi connectivity index (χ0v) is 6.40. The number of nitrogens with zero attached hydrogens (tertiary/aromatic N) is 2. The van der Waals surface area contributed by atoms with Crippen molar-refractivity contribution < 1.29 is 4.52 Å². The van der Waals surface area contributed by atoms with Crippen molar-refractivity contribution in [1.29, 1.82) is 0 Å². The van der Waals surface area contributed by atoms with Crippen LogP contribution in [-0.2, 0) is 0 Å². The van der Waals surface area contributed by atoms with E-state index in [9.17, 15) is 0 Å². The Balaban J connectivity index is 2.45. The molecule has 0 unspecified atom stereocenters. The molecule has 0 aliphatic carbocycles. The van der Waals surface area contributed by atoms with Crippen molar-refractivity contribution in [1.82, 2.24) is 10.1 Å². The summed E-state index contributed by atoms with van der Waals surface area (Å²) in [5.74, 6) is 0.925. The third-order valence-corrected chi connectivity index (χ3v) is 1.49. The van der Waals surface area contributed by atoms with Crippen LogP contribution in [0.5, 0.6) is 0 Å². The van der Waals surface area contributed by atoms with Crippen LogP contribution in [-0.4, -0.2) is 10.1 Å². The van der Waals surface area contributed by atoms with Gasteiger partial charge in [0.2, 0.25) is 0 Å². The van der Waals surface area contributed by atoms with Gasteiger partial charge in [-0.15, -0.1) is 0 Å². The minimum absolute atomic E-state index is 0.411. The normalized spacial score (nSPS) is 10.1. The molecule has 3 heteroatoms. The van der Waals surface area contributed by atoms with Crippen molar-refractivity contribution in [3.8, 4) is 11.5 Å². The largest absolute Gasteiger partial charge is 0.334 e. The van der Waals surface area contributed by atoms with Gasteiger partial charge in [0.05, 0.1) is 0 Å². The van der Waals surface area contributed by atoms with E-state index in [1.807, 2.05) is 30.3 Å². The third kappa shape index (κ3) is 1.21. The Hall–Kier alpha value is -1.64. The lowest BCUT2D eigenvalue weighted by Gasteiger charge is -1.89. The van der Waals surface area contributed by atoms with Crippen LogP contribution in [0.4, 0.5) is 0 Å². The van der Waals surface area contributed by atoms with Gasteiger partial charge < -0.3 is 4.52 Å². The Morgan fingerprint density at radius 1 is 1.17 bits per heavy atom. The van der Waals surface area contributed by atoms with Crippen LogP contribution >= 0.6 is 0 Å². The molecule has 59 valence electrons. The summed E-state index contributed by atoms with van der Waals surface area (Å²) in [5.41, 5.74) is 0.917. The van der Waals surface area contributed by atoms with Crippen LogP contribution < -0.4 is 0 Å². The second kappa shape index (κ2) is 2.77. The van der Waals surface area contributed by atoms with Crippen LogP contribution in [0.25, 0.3) is 11.5 Å². The number of aromatic nitrogens is 2. The fourth-order valence-electron chi connectivity index (χ4n) is 0.952. The molecule has 0 amide bonds. The lowest BCUT2D eigenvalue weighted by Crippen LogP contribution is -1.76. The molecular formula is C9H7N2O. The summed E-state index contributed by atoms with van der Waals surface area (Å²) in [6.45, 7) is 3.55. The van der Waals surface area contributed by atoms with Crippen molar-refractivity contribution in [2.24, 2.45) is 0 Å². The predicted octanol–water partition coefficient (Wildman–Crippen LogP) is 1.92. The van der Waals surface area contributed by atoms with Crippen molar-refractivity contribution in [2.75, 3.05) is 0 Å². The number of hydrogen-bond donors (Lipinski definition) is 0. The Morgan fingerprint density at radius 2 is 1.92 bits per heavy atom. The Kier molecular flexibility index (Phi) is 1.63. The van der Waals surface area contributed by atoms with Crippen LogP contribution in [0.3, 0.4) is 0 Å². The lowest BCUT2D eigenvalue weighted by atomic mass is 10.2. The monoisotopic (exact) mass is 159 g/mol. The van der Waals surface area contributed by atoms with E-state index in [2.05, 4.69) is 17.1 Å². The first kappa shape index (κ1) is 7.03. The highest BCUT2D eigenvalue weighted by Gasteiger charge is 2.03. The molecule has 3 nitrogen and oxygen atoms in total. The van der Waals surface area contributed by atoms with Gasteiger partial charge >= 0.3 is 0 Å². The van der Waals surface area contributed by atoms with Crippen LogP contribution in [0.15, 0.2) is 34.9 Å². The summed E-state index contributed by atoms with van der Waals surface area (Å²) in [5, 5.41) is 3.60. The molecule has 12 heavy (non-hydrogen) atoms. The van der Waals surface area contributed by atoms with Gasteiger partial charge in [-0.05, 0) is 12.1 Å². The number of rotatable bonds is 1. The average Bonchev–Trinajstić information content (AvgIpc) is 2.54. The van der Waals surface area contributed by atoms with Crippen LogP contribution in [0.2, 0.25) is 0 Å².